The molecule has 5 nitrogen and oxygen atoms in total. The van der Waals surface area contributed by atoms with Crippen molar-refractivity contribution >= 4 is 11.9 Å². The Morgan fingerprint density at radius 1 is 1.43 bits per heavy atom. The fraction of sp³-hybridized carbons (Fsp3) is 0.529. The summed E-state index contributed by atoms with van der Waals surface area (Å²) in [6, 6.07) is 6.16. The second kappa shape index (κ2) is 8.06. The van der Waals surface area contributed by atoms with Gasteiger partial charge in [0.15, 0.2) is 0 Å². The summed E-state index contributed by atoms with van der Waals surface area (Å²) < 4.78 is 19.4. The number of carbonyl (C=O) groups is 2. The van der Waals surface area contributed by atoms with E-state index in [4.69, 9.17) is 9.84 Å². The number of aliphatic carboxylic acids is 1. The van der Waals surface area contributed by atoms with Crippen LogP contribution in [0.4, 0.5) is 4.39 Å². The lowest BCUT2D eigenvalue weighted by molar-refractivity contribution is -0.139. The van der Waals surface area contributed by atoms with Crippen molar-refractivity contribution in [1.82, 2.24) is 4.90 Å². The van der Waals surface area contributed by atoms with E-state index in [0.717, 1.165) is 12.8 Å². The van der Waals surface area contributed by atoms with Gasteiger partial charge in [-0.25, -0.2) is 4.39 Å². The van der Waals surface area contributed by atoms with E-state index < -0.39 is 17.7 Å². The zero-order chi connectivity index (χ0) is 16.8. The van der Waals surface area contributed by atoms with Gasteiger partial charge in [0.05, 0.1) is 18.4 Å². The van der Waals surface area contributed by atoms with Crippen LogP contribution in [0.1, 0.15) is 37.7 Å². The van der Waals surface area contributed by atoms with Gasteiger partial charge in [-0.3, -0.25) is 9.59 Å². The average molecular weight is 323 g/mol. The Balaban J connectivity index is 2.10. The number of carboxylic acid groups (broad SMARTS) is 1. The molecule has 1 aromatic rings. The SMILES string of the molecule is C[C@H](C(=O)N(CCC(=O)O)C[C@@H]1CCCO1)c1ccccc1F. The van der Waals surface area contributed by atoms with Gasteiger partial charge in [-0.15, -0.1) is 0 Å². The number of carboxylic acids is 1. The van der Waals surface area contributed by atoms with Crippen molar-refractivity contribution in [3.8, 4) is 0 Å². The van der Waals surface area contributed by atoms with Gasteiger partial charge in [0.2, 0.25) is 5.91 Å². The van der Waals surface area contributed by atoms with E-state index >= 15 is 0 Å². The van der Waals surface area contributed by atoms with Crippen LogP contribution in [-0.2, 0) is 14.3 Å². The molecule has 126 valence electrons. The number of ether oxygens (including phenoxy) is 1. The summed E-state index contributed by atoms with van der Waals surface area (Å²) in [7, 11) is 0. The molecule has 1 aliphatic heterocycles. The van der Waals surface area contributed by atoms with Crippen molar-refractivity contribution in [3.63, 3.8) is 0 Å². The zero-order valence-corrected chi connectivity index (χ0v) is 13.2. The van der Waals surface area contributed by atoms with E-state index in [9.17, 15) is 14.0 Å². The van der Waals surface area contributed by atoms with E-state index in [1.807, 2.05) is 0 Å². The molecule has 0 bridgehead atoms. The molecule has 0 spiro atoms. The molecule has 1 aliphatic rings. The predicted octanol–water partition coefficient (Wildman–Crippen LogP) is 2.41. The van der Waals surface area contributed by atoms with Gasteiger partial charge in [0.1, 0.15) is 5.82 Å². The lowest BCUT2D eigenvalue weighted by Gasteiger charge is -2.28. The fourth-order valence-corrected chi connectivity index (χ4v) is 2.79. The van der Waals surface area contributed by atoms with Crippen LogP contribution in [0, 0.1) is 5.82 Å². The standard InChI is InChI=1S/C17H22FNO4/c1-12(14-6-2-3-7-15(14)18)17(22)19(9-8-16(20)21)11-13-5-4-10-23-13/h2-3,6-7,12-13H,4-5,8-11H2,1H3,(H,20,21)/t12-,13-/m0/s1. The summed E-state index contributed by atoms with van der Waals surface area (Å²) in [6.07, 6.45) is 1.59. The van der Waals surface area contributed by atoms with Gasteiger partial charge in [-0.2, -0.15) is 0 Å². The number of hydrogen-bond donors (Lipinski definition) is 1. The highest BCUT2D eigenvalue weighted by Crippen LogP contribution is 2.22. The maximum absolute atomic E-state index is 13.9. The van der Waals surface area contributed by atoms with Gasteiger partial charge in [0.25, 0.3) is 0 Å². The maximum atomic E-state index is 13.9. The van der Waals surface area contributed by atoms with Gasteiger partial charge in [-0.1, -0.05) is 18.2 Å². The highest BCUT2D eigenvalue weighted by molar-refractivity contribution is 5.83. The monoisotopic (exact) mass is 323 g/mol. The van der Waals surface area contributed by atoms with E-state index in [1.54, 1.807) is 25.1 Å². The van der Waals surface area contributed by atoms with Crippen LogP contribution in [0.15, 0.2) is 24.3 Å². The first-order chi connectivity index (χ1) is 11.0. The average Bonchev–Trinajstić information content (AvgIpc) is 3.03. The van der Waals surface area contributed by atoms with Crippen LogP contribution in [0.25, 0.3) is 0 Å². The fourth-order valence-electron chi connectivity index (χ4n) is 2.79. The number of carbonyl (C=O) groups excluding carboxylic acids is 1. The molecule has 1 N–H and O–H groups in total. The van der Waals surface area contributed by atoms with Crippen molar-refractivity contribution in [1.29, 1.82) is 0 Å². The third-order valence-electron chi connectivity index (χ3n) is 4.10. The third kappa shape index (κ3) is 4.76. The second-order valence-electron chi connectivity index (χ2n) is 5.81. The zero-order valence-electron chi connectivity index (χ0n) is 13.2. The Bertz CT molecular complexity index is 557. The molecular weight excluding hydrogens is 301 g/mol. The third-order valence-corrected chi connectivity index (χ3v) is 4.10. The maximum Gasteiger partial charge on any atom is 0.305 e. The normalized spacial score (nSPS) is 18.6. The Morgan fingerprint density at radius 2 is 2.17 bits per heavy atom. The number of amides is 1. The van der Waals surface area contributed by atoms with E-state index in [1.165, 1.54) is 11.0 Å². The molecule has 1 heterocycles. The van der Waals surface area contributed by atoms with Gasteiger partial charge in [0, 0.05) is 19.7 Å². The molecule has 23 heavy (non-hydrogen) atoms. The van der Waals surface area contributed by atoms with E-state index in [0.29, 0.717) is 18.7 Å². The second-order valence-corrected chi connectivity index (χ2v) is 5.81. The van der Waals surface area contributed by atoms with Crippen molar-refractivity contribution in [3.05, 3.63) is 35.6 Å². The molecule has 6 heteroatoms. The van der Waals surface area contributed by atoms with E-state index in [-0.39, 0.29) is 25.0 Å². The van der Waals surface area contributed by atoms with Crippen molar-refractivity contribution in [2.45, 2.75) is 38.2 Å². The Labute approximate surface area is 135 Å². The van der Waals surface area contributed by atoms with Gasteiger partial charge >= 0.3 is 5.97 Å². The molecule has 1 saturated heterocycles. The molecule has 1 amide bonds. The molecule has 2 rings (SSSR count). The molecule has 0 radical (unpaired) electrons. The van der Waals surface area contributed by atoms with E-state index in [2.05, 4.69) is 0 Å². The molecule has 1 fully saturated rings. The summed E-state index contributed by atoms with van der Waals surface area (Å²) >= 11 is 0. The predicted molar refractivity (Wildman–Crippen MR) is 82.6 cm³/mol. The highest BCUT2D eigenvalue weighted by atomic mass is 19.1. The molecule has 0 aromatic heterocycles. The topological polar surface area (TPSA) is 66.8 Å². The lowest BCUT2D eigenvalue weighted by Crippen LogP contribution is -2.41. The number of halogens is 1. The molecule has 0 unspecified atom stereocenters. The molecule has 2 atom stereocenters. The largest absolute Gasteiger partial charge is 0.481 e. The summed E-state index contributed by atoms with van der Waals surface area (Å²) in [5.41, 5.74) is 0.324. The van der Waals surface area contributed by atoms with Gasteiger partial charge in [-0.05, 0) is 31.4 Å². The van der Waals surface area contributed by atoms with Crippen molar-refractivity contribution in [2.75, 3.05) is 19.7 Å². The van der Waals surface area contributed by atoms with Crippen molar-refractivity contribution < 1.29 is 23.8 Å². The summed E-state index contributed by atoms with van der Waals surface area (Å²) in [5, 5.41) is 8.88. The van der Waals surface area contributed by atoms with Crippen molar-refractivity contribution in [2.24, 2.45) is 0 Å². The highest BCUT2D eigenvalue weighted by Gasteiger charge is 2.28. The number of rotatable bonds is 7. The summed E-state index contributed by atoms with van der Waals surface area (Å²) in [5.74, 6) is -2.32. The minimum atomic E-state index is -0.964. The first-order valence-corrected chi connectivity index (χ1v) is 7.85. The van der Waals surface area contributed by atoms with Crippen LogP contribution in [-0.4, -0.2) is 47.7 Å². The smallest absolute Gasteiger partial charge is 0.305 e. The Kier molecular flexibility index (Phi) is 6.10. The van der Waals surface area contributed by atoms with Crippen LogP contribution in [0.5, 0.6) is 0 Å². The summed E-state index contributed by atoms with van der Waals surface area (Å²) in [4.78, 5) is 25.0. The molecular formula is C17H22FNO4. The number of nitrogens with zero attached hydrogens (tertiary/aromatic N) is 1. The Hall–Kier alpha value is -1.95. The number of benzene rings is 1. The first-order valence-electron chi connectivity index (χ1n) is 7.85. The van der Waals surface area contributed by atoms with Crippen LogP contribution < -0.4 is 0 Å². The van der Waals surface area contributed by atoms with Crippen LogP contribution in [0.3, 0.4) is 0 Å². The van der Waals surface area contributed by atoms with Crippen LogP contribution in [0.2, 0.25) is 0 Å². The van der Waals surface area contributed by atoms with Crippen LogP contribution >= 0.6 is 0 Å². The summed E-state index contributed by atoms with van der Waals surface area (Å²) in [6.45, 7) is 2.76. The quantitative estimate of drug-likeness (QED) is 0.837. The molecule has 1 aromatic carbocycles. The lowest BCUT2D eigenvalue weighted by atomic mass is 9.98. The number of hydrogen-bond acceptors (Lipinski definition) is 3. The first kappa shape index (κ1) is 17.4. The Morgan fingerprint density at radius 3 is 2.78 bits per heavy atom. The minimum Gasteiger partial charge on any atom is -0.481 e. The molecule has 0 aliphatic carbocycles. The van der Waals surface area contributed by atoms with Gasteiger partial charge < -0.3 is 14.7 Å². The molecule has 0 saturated carbocycles. The minimum absolute atomic E-state index is 0.0689.